The highest BCUT2D eigenvalue weighted by molar-refractivity contribution is 7.93. The Kier molecular flexibility index (Phi) is 6.98. The molecule has 1 aromatic carbocycles. The monoisotopic (exact) mass is 531 g/mol. The normalized spacial score (nSPS) is 24.5. The maximum Gasteiger partial charge on any atom is 0.272 e. The predicted molar refractivity (Wildman–Crippen MR) is 147 cm³/mol. The Morgan fingerprint density at radius 1 is 0.974 bits per heavy atom. The molecule has 38 heavy (non-hydrogen) atoms. The number of amides is 2. The molecular weight excluding hydrogens is 502 g/mol. The van der Waals surface area contributed by atoms with Gasteiger partial charge in [-0.15, -0.1) is 0 Å². The molecule has 0 radical (unpaired) electrons. The lowest BCUT2D eigenvalue weighted by Gasteiger charge is -2.44. The maximum absolute atomic E-state index is 13.4. The van der Waals surface area contributed by atoms with Crippen LogP contribution >= 0.6 is 0 Å². The van der Waals surface area contributed by atoms with Crippen LogP contribution < -0.4 is 4.72 Å². The van der Waals surface area contributed by atoms with Crippen molar-refractivity contribution in [3.63, 3.8) is 0 Å². The van der Waals surface area contributed by atoms with E-state index < -0.39 is 21.3 Å². The Labute approximate surface area is 222 Å². The number of aliphatic imine (C=N–C) groups is 1. The number of allylic oxidation sites excluding steroid dienone is 3. The molecule has 3 heterocycles. The van der Waals surface area contributed by atoms with Crippen LogP contribution in [0, 0.1) is 0 Å². The molecule has 1 N–H and O–H groups in total. The number of nitrogens with zero attached hydrogens (tertiary/aromatic N) is 4. The first kappa shape index (κ1) is 25.6. The van der Waals surface area contributed by atoms with Gasteiger partial charge in [0.05, 0.1) is 6.04 Å². The fourth-order valence-corrected chi connectivity index (χ4v) is 6.63. The summed E-state index contributed by atoms with van der Waals surface area (Å²) in [6.45, 7) is 4.62. The number of benzene rings is 1. The molecule has 1 aliphatic carbocycles. The second-order valence-electron chi connectivity index (χ2n) is 9.68. The van der Waals surface area contributed by atoms with E-state index in [9.17, 15) is 18.0 Å². The Balaban J connectivity index is 1.25. The molecule has 1 fully saturated rings. The summed E-state index contributed by atoms with van der Waals surface area (Å²) in [4.78, 5) is 38.3. The number of sulfonamides is 1. The van der Waals surface area contributed by atoms with Crippen molar-refractivity contribution in [2.24, 2.45) is 4.99 Å². The average Bonchev–Trinajstić information content (AvgIpc) is 2.92. The van der Waals surface area contributed by atoms with Gasteiger partial charge in [-0.1, -0.05) is 30.4 Å². The van der Waals surface area contributed by atoms with Crippen molar-refractivity contribution in [3.05, 3.63) is 95.9 Å². The molecule has 2 amide bonds. The molecule has 4 atom stereocenters. The van der Waals surface area contributed by atoms with Gasteiger partial charge in [-0.3, -0.25) is 24.3 Å². The van der Waals surface area contributed by atoms with E-state index in [-0.39, 0.29) is 23.9 Å². The number of nitrogens with one attached hydrogen (secondary N) is 1. The number of hydrogen-bond donors (Lipinski definition) is 1. The minimum Gasteiger partial charge on any atom is -0.333 e. The highest BCUT2D eigenvalue weighted by Gasteiger charge is 2.37. The minimum atomic E-state index is -3.78. The van der Waals surface area contributed by atoms with Crippen LogP contribution in [-0.2, 0) is 10.0 Å². The summed E-state index contributed by atoms with van der Waals surface area (Å²) in [5.74, 6) is -0.323. The Morgan fingerprint density at radius 3 is 2.39 bits per heavy atom. The molecule has 9 nitrogen and oxygen atoms in total. The zero-order valence-electron chi connectivity index (χ0n) is 21.1. The third-order valence-corrected chi connectivity index (χ3v) is 8.59. The number of piperazine rings is 1. The van der Waals surface area contributed by atoms with Crippen molar-refractivity contribution in [1.82, 2.24) is 14.8 Å². The van der Waals surface area contributed by atoms with Crippen LogP contribution in [-0.4, -0.2) is 77.7 Å². The third kappa shape index (κ3) is 5.04. The first-order chi connectivity index (χ1) is 18.2. The van der Waals surface area contributed by atoms with E-state index >= 15 is 0 Å². The van der Waals surface area contributed by atoms with Gasteiger partial charge in [0.15, 0.2) is 0 Å². The number of hydrogen-bond acceptors (Lipinski definition) is 6. The molecular formula is C28H29N5O4S. The van der Waals surface area contributed by atoms with E-state index in [4.69, 9.17) is 0 Å². The van der Waals surface area contributed by atoms with Gasteiger partial charge in [0, 0.05) is 48.8 Å². The van der Waals surface area contributed by atoms with Gasteiger partial charge in [0.25, 0.3) is 11.8 Å². The Hall–Kier alpha value is -4.05. The topological polar surface area (TPSA) is 112 Å². The first-order valence-corrected chi connectivity index (χ1v) is 14.0. The van der Waals surface area contributed by atoms with Gasteiger partial charge in [0.1, 0.15) is 10.9 Å². The van der Waals surface area contributed by atoms with E-state index in [0.29, 0.717) is 30.0 Å². The second-order valence-corrected chi connectivity index (χ2v) is 11.5. The van der Waals surface area contributed by atoms with Crippen molar-refractivity contribution >= 4 is 33.7 Å². The summed E-state index contributed by atoms with van der Waals surface area (Å²) in [6.07, 6.45) is 12.1. The molecule has 10 heteroatoms. The standard InChI is InChI=1S/C28H29N5O4S/c1-19-17-32(28(35)24-9-3-4-15-29-24)18-20(2)33(19)27(34)22-11-13-23(14-12-22)31-38(36,37)25-10-5-7-21-8-6-16-30-26(21)25/h3-16,19-20,25-26,31H,17-18H2,1-2H3. The molecule has 1 aromatic heterocycles. The fraction of sp³-hybridized carbons (Fsp3) is 0.286. The average molecular weight is 532 g/mol. The lowest BCUT2D eigenvalue weighted by molar-refractivity contribution is 0.0252. The maximum atomic E-state index is 13.4. The summed E-state index contributed by atoms with van der Waals surface area (Å²) < 4.78 is 28.9. The number of carbonyl (C=O) groups is 2. The number of carbonyl (C=O) groups excluding carboxylic acids is 2. The minimum absolute atomic E-state index is 0.154. The molecule has 5 rings (SSSR count). The van der Waals surface area contributed by atoms with E-state index in [1.807, 2.05) is 26.0 Å². The Bertz CT molecular complexity index is 1440. The zero-order valence-corrected chi connectivity index (χ0v) is 22.0. The largest absolute Gasteiger partial charge is 0.333 e. The second kappa shape index (κ2) is 10.4. The van der Waals surface area contributed by atoms with Crippen LogP contribution in [0.5, 0.6) is 0 Å². The van der Waals surface area contributed by atoms with E-state index in [1.54, 1.807) is 82.9 Å². The van der Waals surface area contributed by atoms with Crippen LogP contribution in [0.1, 0.15) is 34.7 Å². The molecule has 4 unspecified atom stereocenters. The smallest absolute Gasteiger partial charge is 0.272 e. The van der Waals surface area contributed by atoms with Gasteiger partial charge >= 0.3 is 0 Å². The number of fused-ring (bicyclic) bond motifs is 1. The van der Waals surface area contributed by atoms with Gasteiger partial charge in [-0.2, -0.15) is 0 Å². The van der Waals surface area contributed by atoms with Crippen molar-refractivity contribution in [2.45, 2.75) is 37.2 Å². The number of anilines is 1. The summed E-state index contributed by atoms with van der Waals surface area (Å²) in [6, 6.07) is 10.7. The summed E-state index contributed by atoms with van der Waals surface area (Å²) in [7, 11) is -3.78. The van der Waals surface area contributed by atoms with Crippen molar-refractivity contribution in [1.29, 1.82) is 0 Å². The van der Waals surface area contributed by atoms with E-state index in [2.05, 4.69) is 14.7 Å². The van der Waals surface area contributed by atoms with Crippen molar-refractivity contribution in [3.8, 4) is 0 Å². The van der Waals surface area contributed by atoms with Gasteiger partial charge in [-0.25, -0.2) is 8.42 Å². The summed E-state index contributed by atoms with van der Waals surface area (Å²) in [5.41, 5.74) is 2.04. The number of rotatable bonds is 5. The number of aromatic nitrogens is 1. The molecule has 0 bridgehead atoms. The van der Waals surface area contributed by atoms with Gasteiger partial charge in [0.2, 0.25) is 10.0 Å². The fourth-order valence-electron chi connectivity index (χ4n) is 5.17. The van der Waals surface area contributed by atoms with Crippen LogP contribution in [0.15, 0.2) is 89.6 Å². The summed E-state index contributed by atoms with van der Waals surface area (Å²) in [5, 5.41) is -0.836. The SMILES string of the molecule is CC1CN(C(=O)c2ccccn2)CC(C)N1C(=O)c1ccc(NS(=O)(=O)C2C=CC=C3C=CC=NC32)cc1. The molecule has 0 spiro atoms. The molecule has 2 aliphatic heterocycles. The molecule has 0 saturated carbocycles. The first-order valence-electron chi connectivity index (χ1n) is 12.5. The molecule has 2 aromatic rings. The highest BCUT2D eigenvalue weighted by Crippen LogP contribution is 2.27. The third-order valence-electron chi connectivity index (χ3n) is 6.94. The highest BCUT2D eigenvalue weighted by atomic mass is 32.2. The lowest BCUT2D eigenvalue weighted by atomic mass is 9.97. The number of dihydropyridines is 1. The van der Waals surface area contributed by atoms with Crippen LogP contribution in [0.25, 0.3) is 0 Å². The molecule has 196 valence electrons. The molecule has 3 aliphatic rings. The van der Waals surface area contributed by atoms with Crippen molar-refractivity contribution < 1.29 is 18.0 Å². The van der Waals surface area contributed by atoms with Crippen LogP contribution in [0.3, 0.4) is 0 Å². The van der Waals surface area contributed by atoms with Gasteiger partial charge in [-0.05, 0) is 61.9 Å². The van der Waals surface area contributed by atoms with E-state index in [1.165, 1.54) is 0 Å². The van der Waals surface area contributed by atoms with Crippen LogP contribution in [0.4, 0.5) is 5.69 Å². The van der Waals surface area contributed by atoms with E-state index in [0.717, 1.165) is 5.57 Å². The number of pyridine rings is 1. The van der Waals surface area contributed by atoms with Crippen LogP contribution in [0.2, 0.25) is 0 Å². The lowest BCUT2D eigenvalue weighted by Crippen LogP contribution is -2.59. The quantitative estimate of drug-likeness (QED) is 0.637. The zero-order chi connectivity index (χ0) is 26.9. The van der Waals surface area contributed by atoms with Crippen molar-refractivity contribution in [2.75, 3.05) is 17.8 Å². The molecule has 1 saturated heterocycles. The predicted octanol–water partition coefficient (Wildman–Crippen LogP) is 3.07. The summed E-state index contributed by atoms with van der Waals surface area (Å²) >= 11 is 0. The Morgan fingerprint density at radius 2 is 1.71 bits per heavy atom. The van der Waals surface area contributed by atoms with Gasteiger partial charge < -0.3 is 9.80 Å².